The van der Waals surface area contributed by atoms with Gasteiger partial charge in [-0.15, -0.1) is 0 Å². The van der Waals surface area contributed by atoms with Crippen molar-refractivity contribution in [2.24, 2.45) is 0 Å². The second-order valence-electron chi connectivity index (χ2n) is 4.39. The number of hydrogen-bond donors (Lipinski definition) is 2. The van der Waals surface area contributed by atoms with Gasteiger partial charge >= 0.3 is 0 Å². The molecule has 0 atom stereocenters. The summed E-state index contributed by atoms with van der Waals surface area (Å²) in [7, 11) is 0. The van der Waals surface area contributed by atoms with E-state index >= 15 is 0 Å². The summed E-state index contributed by atoms with van der Waals surface area (Å²) < 4.78 is 0. The number of aliphatic hydroxyl groups is 1. The van der Waals surface area contributed by atoms with Crippen molar-refractivity contribution in [3.8, 4) is 0 Å². The molecule has 0 unspecified atom stereocenters. The lowest BCUT2D eigenvalue weighted by atomic mass is 10.1. The van der Waals surface area contributed by atoms with Crippen LogP contribution >= 0.6 is 0 Å². The lowest BCUT2D eigenvalue weighted by Crippen LogP contribution is -2.36. The number of anilines is 2. The third-order valence-corrected chi connectivity index (χ3v) is 3.26. The zero-order valence-corrected chi connectivity index (χ0v) is 11.4. The number of nitro groups is 1. The first-order valence-electron chi connectivity index (χ1n) is 6.46. The van der Waals surface area contributed by atoms with E-state index in [0.717, 1.165) is 18.5 Å². The minimum Gasteiger partial charge on any atom is -0.395 e. The van der Waals surface area contributed by atoms with Gasteiger partial charge in [0, 0.05) is 24.3 Å². The van der Waals surface area contributed by atoms with Gasteiger partial charge in [-0.3, -0.25) is 10.1 Å². The van der Waals surface area contributed by atoms with Crippen molar-refractivity contribution in [3.05, 3.63) is 28.3 Å². The maximum atomic E-state index is 10.7. The summed E-state index contributed by atoms with van der Waals surface area (Å²) in [4.78, 5) is 12.3. The van der Waals surface area contributed by atoms with Crippen molar-refractivity contribution in [2.75, 3.05) is 23.8 Å². The van der Waals surface area contributed by atoms with Crippen LogP contribution in [0.25, 0.3) is 0 Å². The first-order chi connectivity index (χ1) is 9.04. The number of nitrogen functional groups attached to an aromatic ring is 1. The van der Waals surface area contributed by atoms with Crippen molar-refractivity contribution < 1.29 is 10.0 Å². The quantitative estimate of drug-likeness (QED) is 0.448. The highest BCUT2D eigenvalue weighted by Crippen LogP contribution is 2.28. The van der Waals surface area contributed by atoms with Gasteiger partial charge in [-0.25, -0.2) is 0 Å². The highest BCUT2D eigenvalue weighted by Gasteiger charge is 2.18. The summed E-state index contributed by atoms with van der Waals surface area (Å²) in [6.45, 7) is 4.68. The highest BCUT2D eigenvalue weighted by atomic mass is 16.6. The average molecular weight is 267 g/mol. The second kappa shape index (κ2) is 6.94. The van der Waals surface area contributed by atoms with Crippen molar-refractivity contribution in [3.63, 3.8) is 0 Å². The summed E-state index contributed by atoms with van der Waals surface area (Å²) in [5, 5.41) is 19.9. The fourth-order valence-electron chi connectivity index (χ4n) is 2.25. The van der Waals surface area contributed by atoms with Gasteiger partial charge in [0.05, 0.1) is 11.5 Å². The molecule has 0 amide bonds. The third-order valence-electron chi connectivity index (χ3n) is 3.26. The number of aliphatic hydroxyl groups excluding tert-OH is 1. The molecule has 6 heteroatoms. The minimum absolute atomic E-state index is 0.0351. The first kappa shape index (κ1) is 15.2. The SMILES string of the molecule is CCC(CC)N(CCO)c1ccc([N+](=O)[O-])c(N)c1. The van der Waals surface area contributed by atoms with Gasteiger partial charge < -0.3 is 15.7 Å². The monoisotopic (exact) mass is 267 g/mol. The van der Waals surface area contributed by atoms with Crippen LogP contribution in [0, 0.1) is 10.1 Å². The van der Waals surface area contributed by atoms with Crippen LogP contribution in [0.2, 0.25) is 0 Å². The molecule has 19 heavy (non-hydrogen) atoms. The lowest BCUT2D eigenvalue weighted by molar-refractivity contribution is -0.383. The molecule has 6 nitrogen and oxygen atoms in total. The van der Waals surface area contributed by atoms with Crippen molar-refractivity contribution in [1.29, 1.82) is 0 Å². The number of nitrogens with zero attached hydrogens (tertiary/aromatic N) is 2. The van der Waals surface area contributed by atoms with E-state index in [9.17, 15) is 10.1 Å². The predicted molar refractivity (Wildman–Crippen MR) is 76.3 cm³/mol. The van der Waals surface area contributed by atoms with Crippen LogP contribution in [0.3, 0.4) is 0 Å². The number of nitrogens with two attached hydrogens (primary N) is 1. The fourth-order valence-corrected chi connectivity index (χ4v) is 2.25. The van der Waals surface area contributed by atoms with E-state index in [1.54, 1.807) is 12.1 Å². The topological polar surface area (TPSA) is 92.6 Å². The largest absolute Gasteiger partial charge is 0.395 e. The summed E-state index contributed by atoms with van der Waals surface area (Å²) in [6.07, 6.45) is 1.88. The Balaban J connectivity index is 3.09. The van der Waals surface area contributed by atoms with Crippen LogP contribution in [0.5, 0.6) is 0 Å². The molecule has 0 bridgehead atoms. The Morgan fingerprint density at radius 2 is 2.05 bits per heavy atom. The molecule has 1 aromatic carbocycles. The molecule has 1 aromatic rings. The van der Waals surface area contributed by atoms with Crippen LogP contribution in [-0.2, 0) is 0 Å². The van der Waals surface area contributed by atoms with E-state index < -0.39 is 4.92 Å². The molecule has 0 spiro atoms. The zero-order chi connectivity index (χ0) is 14.4. The van der Waals surface area contributed by atoms with Crippen LogP contribution in [0.1, 0.15) is 26.7 Å². The molecular weight excluding hydrogens is 246 g/mol. The van der Waals surface area contributed by atoms with E-state index in [0.29, 0.717) is 6.54 Å². The maximum absolute atomic E-state index is 10.7. The summed E-state index contributed by atoms with van der Waals surface area (Å²) in [5.74, 6) is 0. The zero-order valence-electron chi connectivity index (χ0n) is 11.4. The van der Waals surface area contributed by atoms with E-state index in [4.69, 9.17) is 10.8 Å². The molecule has 0 aromatic heterocycles. The molecule has 106 valence electrons. The molecule has 0 aliphatic heterocycles. The van der Waals surface area contributed by atoms with Gasteiger partial charge in [0.15, 0.2) is 0 Å². The first-order valence-corrected chi connectivity index (χ1v) is 6.46. The molecule has 0 aliphatic rings. The Bertz CT molecular complexity index is 433. The number of nitro benzene ring substituents is 1. The fraction of sp³-hybridized carbons (Fsp3) is 0.538. The standard InChI is InChI=1S/C13H21N3O3/c1-3-10(4-2)15(7-8-17)11-5-6-13(16(18)19)12(14)9-11/h5-6,9-10,17H,3-4,7-8,14H2,1-2H3. The molecule has 0 saturated heterocycles. The number of hydrogen-bond acceptors (Lipinski definition) is 5. The average Bonchev–Trinajstić information content (AvgIpc) is 2.38. The minimum atomic E-state index is -0.493. The van der Waals surface area contributed by atoms with Crippen LogP contribution < -0.4 is 10.6 Å². The Morgan fingerprint density at radius 3 is 2.47 bits per heavy atom. The van der Waals surface area contributed by atoms with Crippen molar-refractivity contribution >= 4 is 17.1 Å². The Hall–Kier alpha value is -1.82. The molecular formula is C13H21N3O3. The molecule has 3 N–H and O–H groups in total. The Kier molecular flexibility index (Phi) is 5.57. The van der Waals surface area contributed by atoms with E-state index in [1.165, 1.54) is 6.07 Å². The van der Waals surface area contributed by atoms with Crippen LogP contribution in [-0.4, -0.2) is 29.2 Å². The van der Waals surface area contributed by atoms with Gasteiger partial charge in [-0.2, -0.15) is 0 Å². The van der Waals surface area contributed by atoms with Crippen molar-refractivity contribution in [1.82, 2.24) is 0 Å². The van der Waals surface area contributed by atoms with Gasteiger partial charge in [-0.05, 0) is 25.0 Å². The van der Waals surface area contributed by atoms with Gasteiger partial charge in [0.1, 0.15) is 5.69 Å². The summed E-state index contributed by atoms with van der Waals surface area (Å²) in [5.41, 5.74) is 6.58. The smallest absolute Gasteiger partial charge is 0.292 e. The highest BCUT2D eigenvalue weighted by molar-refractivity contribution is 5.66. The van der Waals surface area contributed by atoms with Crippen LogP contribution in [0.15, 0.2) is 18.2 Å². The maximum Gasteiger partial charge on any atom is 0.292 e. The number of rotatable bonds is 7. The van der Waals surface area contributed by atoms with Crippen LogP contribution in [0.4, 0.5) is 17.1 Å². The third kappa shape index (κ3) is 3.57. The van der Waals surface area contributed by atoms with Crippen molar-refractivity contribution in [2.45, 2.75) is 32.7 Å². The summed E-state index contributed by atoms with van der Waals surface area (Å²) >= 11 is 0. The van der Waals surface area contributed by atoms with E-state index in [-0.39, 0.29) is 24.0 Å². The molecule has 0 heterocycles. The molecule has 1 rings (SSSR count). The van der Waals surface area contributed by atoms with Gasteiger partial charge in [0.25, 0.3) is 5.69 Å². The molecule has 0 aliphatic carbocycles. The molecule has 0 fully saturated rings. The summed E-state index contributed by atoms with van der Waals surface area (Å²) in [6, 6.07) is 4.99. The van der Waals surface area contributed by atoms with Gasteiger partial charge in [-0.1, -0.05) is 13.8 Å². The number of benzene rings is 1. The van der Waals surface area contributed by atoms with Gasteiger partial charge in [0.2, 0.25) is 0 Å². The molecule has 0 saturated carbocycles. The van der Waals surface area contributed by atoms with E-state index in [1.807, 2.05) is 4.90 Å². The van der Waals surface area contributed by atoms with E-state index in [2.05, 4.69) is 13.8 Å². The Morgan fingerprint density at radius 1 is 1.42 bits per heavy atom. The molecule has 0 radical (unpaired) electrons. The predicted octanol–water partition coefficient (Wildman–Crippen LogP) is 2.16. The Labute approximate surface area is 113 Å². The second-order valence-corrected chi connectivity index (χ2v) is 4.39. The lowest BCUT2D eigenvalue weighted by Gasteiger charge is -2.32. The normalized spacial score (nSPS) is 10.7.